The van der Waals surface area contributed by atoms with Crippen molar-refractivity contribution >= 4 is 38.7 Å². The van der Waals surface area contributed by atoms with Crippen LogP contribution in [0.15, 0.2) is 78.9 Å². The monoisotopic (exact) mass is 387 g/mol. The van der Waals surface area contributed by atoms with E-state index in [4.69, 9.17) is 5.11 Å². The highest BCUT2D eigenvalue weighted by atomic mass is 27.0. The third-order valence-electron chi connectivity index (χ3n) is 4.55. The number of para-hydroxylation sites is 1. The molecule has 2 aromatic carbocycles. The van der Waals surface area contributed by atoms with Gasteiger partial charge in [-0.25, -0.2) is 4.79 Å². The van der Waals surface area contributed by atoms with E-state index in [9.17, 15) is 9.90 Å². The van der Waals surface area contributed by atoms with E-state index in [1.165, 1.54) is 11.1 Å². The molecular formula is C23H22AlNO3. The van der Waals surface area contributed by atoms with Gasteiger partial charge in [0.25, 0.3) is 16.3 Å². The fraction of sp³-hybridized carbons (Fsp3) is 0.130. The molecule has 1 atom stereocenters. The molecule has 0 radical (unpaired) electrons. The summed E-state index contributed by atoms with van der Waals surface area (Å²) in [6.07, 6.45) is 6.80. The van der Waals surface area contributed by atoms with Gasteiger partial charge in [0.2, 0.25) is 0 Å². The zero-order valence-corrected chi connectivity index (χ0v) is 18.0. The van der Waals surface area contributed by atoms with Crippen LogP contribution < -0.4 is 0 Å². The summed E-state index contributed by atoms with van der Waals surface area (Å²) in [6, 6.07) is 19.2. The first kappa shape index (κ1) is 20.0. The summed E-state index contributed by atoms with van der Waals surface area (Å²) in [7, 11) is 0. The SMILES string of the molecule is Cc1ccc2cccc(C(=O)O)c2n1.O[C]1([AlH2])C=CC(c2ccccc2)=CC1. The predicted octanol–water partition coefficient (Wildman–Crippen LogP) is 3.59. The van der Waals surface area contributed by atoms with Crippen LogP contribution in [-0.4, -0.2) is 41.9 Å². The van der Waals surface area contributed by atoms with Gasteiger partial charge in [-0.15, -0.1) is 0 Å². The second-order valence-corrected chi connectivity index (χ2v) is 8.79. The van der Waals surface area contributed by atoms with Crippen molar-refractivity contribution in [1.29, 1.82) is 0 Å². The van der Waals surface area contributed by atoms with Crippen LogP contribution in [0.25, 0.3) is 16.5 Å². The van der Waals surface area contributed by atoms with Crippen LogP contribution in [0.5, 0.6) is 0 Å². The van der Waals surface area contributed by atoms with Crippen molar-refractivity contribution in [2.75, 3.05) is 0 Å². The molecule has 5 heteroatoms. The number of hydrogen-bond donors (Lipinski definition) is 2. The number of carboxylic acid groups (broad SMARTS) is 1. The number of hydrogen-bond acceptors (Lipinski definition) is 3. The quantitative estimate of drug-likeness (QED) is 0.660. The molecule has 2 N–H and O–H groups in total. The fourth-order valence-corrected chi connectivity index (χ4v) is 3.35. The Balaban J connectivity index is 0.000000161. The van der Waals surface area contributed by atoms with Gasteiger partial charge in [-0.1, -0.05) is 66.8 Å². The van der Waals surface area contributed by atoms with Crippen LogP contribution in [0.4, 0.5) is 0 Å². The smallest absolute Gasteiger partial charge is 0.337 e. The van der Waals surface area contributed by atoms with Crippen molar-refractivity contribution in [1.82, 2.24) is 4.98 Å². The molecule has 4 nitrogen and oxygen atoms in total. The number of allylic oxidation sites excluding steroid dienone is 2. The standard InChI is InChI=1S/C12H11O.C11H9NO2.Al.2H/c13-12-8-6-11(7-9-12)10-4-2-1-3-5-10;1-7-5-6-8-3-2-4-9(11(13)14)10(8)12-7;;;/h1-8,13H,9H2;2-6H,1H3,(H,13,14);;;. The number of aromatic carboxylic acids is 1. The molecule has 3 aromatic rings. The number of carboxylic acids is 1. The lowest BCUT2D eigenvalue weighted by atomic mass is 9.98. The normalized spacial score (nSPS) is 18.1. The average Bonchev–Trinajstić information content (AvgIpc) is 2.68. The number of aryl methyl sites for hydroxylation is 1. The van der Waals surface area contributed by atoms with Crippen LogP contribution in [-0.2, 0) is 0 Å². The highest BCUT2D eigenvalue weighted by molar-refractivity contribution is 6.16. The summed E-state index contributed by atoms with van der Waals surface area (Å²) in [6.45, 7) is 1.85. The largest absolute Gasteiger partial charge is 0.478 e. The molecule has 0 spiro atoms. The van der Waals surface area contributed by atoms with Crippen LogP contribution in [0.3, 0.4) is 0 Å². The highest BCUT2D eigenvalue weighted by Crippen LogP contribution is 2.24. The van der Waals surface area contributed by atoms with E-state index in [1.54, 1.807) is 12.1 Å². The first-order chi connectivity index (χ1) is 13.4. The van der Waals surface area contributed by atoms with Gasteiger partial charge in [-0.3, -0.25) is 4.98 Å². The molecule has 28 heavy (non-hydrogen) atoms. The van der Waals surface area contributed by atoms with E-state index in [1.807, 2.05) is 55.5 Å². The third kappa shape index (κ3) is 4.96. The lowest BCUT2D eigenvalue weighted by Crippen LogP contribution is -2.26. The van der Waals surface area contributed by atoms with Crippen molar-refractivity contribution in [3.8, 4) is 0 Å². The second-order valence-electron chi connectivity index (χ2n) is 7.06. The van der Waals surface area contributed by atoms with E-state index in [-0.39, 0.29) is 5.56 Å². The summed E-state index contributed by atoms with van der Waals surface area (Å²) >= 11 is 0.788. The molecule has 4 rings (SSSR count). The number of fused-ring (bicyclic) bond motifs is 1. The molecule has 1 aromatic heterocycles. The van der Waals surface area contributed by atoms with Gasteiger partial charge in [0.1, 0.15) is 0 Å². The van der Waals surface area contributed by atoms with Gasteiger partial charge in [0, 0.05) is 15.5 Å². The molecule has 1 unspecified atom stereocenters. The second kappa shape index (κ2) is 8.54. The van der Waals surface area contributed by atoms with Gasteiger partial charge in [-0.05, 0) is 36.6 Å². The molecule has 0 saturated heterocycles. The number of carbonyl (C=O) groups is 1. The molecule has 0 aliphatic heterocycles. The van der Waals surface area contributed by atoms with Crippen molar-refractivity contribution in [2.24, 2.45) is 0 Å². The first-order valence-electron chi connectivity index (χ1n) is 9.13. The van der Waals surface area contributed by atoms with Crippen molar-refractivity contribution in [3.05, 3.63) is 95.7 Å². The van der Waals surface area contributed by atoms with Gasteiger partial charge >= 0.3 is 5.97 Å². The van der Waals surface area contributed by atoms with Crippen LogP contribution in [0, 0.1) is 6.92 Å². The third-order valence-corrected chi connectivity index (χ3v) is 5.30. The minimum absolute atomic E-state index is 0.256. The van der Waals surface area contributed by atoms with Crippen LogP contribution >= 0.6 is 0 Å². The zero-order valence-electron chi connectivity index (χ0n) is 16.0. The molecule has 1 heterocycles. The Bertz CT molecular complexity index is 1060. The number of nitrogens with zero attached hydrogens (tertiary/aromatic N) is 1. The van der Waals surface area contributed by atoms with E-state index in [0.717, 1.165) is 33.8 Å². The minimum atomic E-state index is -0.936. The molecule has 1 aliphatic carbocycles. The maximum absolute atomic E-state index is 10.9. The van der Waals surface area contributed by atoms with Crippen molar-refractivity contribution in [2.45, 2.75) is 17.8 Å². The lowest BCUT2D eigenvalue weighted by Gasteiger charge is -2.22. The Hall–Kier alpha value is -2.71. The molecular weight excluding hydrogens is 365 g/mol. The van der Waals surface area contributed by atoms with Crippen LogP contribution in [0.2, 0.25) is 0 Å². The minimum Gasteiger partial charge on any atom is -0.478 e. The number of aliphatic hydroxyl groups is 1. The molecule has 0 fully saturated rings. The van der Waals surface area contributed by atoms with E-state index >= 15 is 0 Å². The first-order valence-corrected chi connectivity index (χ1v) is 10.1. The summed E-state index contributed by atoms with van der Waals surface area (Å²) in [5.74, 6) is -0.936. The fourth-order valence-electron chi connectivity index (χ4n) is 2.98. The van der Waals surface area contributed by atoms with E-state index in [0.29, 0.717) is 5.52 Å². The Morgan fingerprint density at radius 1 is 1.07 bits per heavy atom. The summed E-state index contributed by atoms with van der Waals surface area (Å²) < 4.78 is -0.529. The summed E-state index contributed by atoms with van der Waals surface area (Å²) in [5, 5.41) is 19.6. The zero-order chi connectivity index (χ0) is 20.1. The molecule has 0 bridgehead atoms. The van der Waals surface area contributed by atoms with E-state index < -0.39 is 10.4 Å². The number of benzene rings is 2. The van der Waals surface area contributed by atoms with Crippen molar-refractivity contribution in [3.63, 3.8) is 0 Å². The number of aromatic nitrogens is 1. The average molecular weight is 387 g/mol. The Labute approximate surface area is 172 Å². The number of rotatable bonds is 2. The Kier molecular flexibility index (Phi) is 6.11. The lowest BCUT2D eigenvalue weighted by molar-refractivity contribution is 0.0699. The molecule has 0 saturated carbocycles. The molecule has 1 aliphatic rings. The maximum atomic E-state index is 10.9. The Morgan fingerprint density at radius 3 is 2.46 bits per heavy atom. The van der Waals surface area contributed by atoms with Gasteiger partial charge in [0.05, 0.1) is 11.1 Å². The highest BCUT2D eigenvalue weighted by Gasteiger charge is 2.18. The molecule has 0 amide bonds. The topological polar surface area (TPSA) is 70.4 Å². The van der Waals surface area contributed by atoms with Crippen molar-refractivity contribution < 1.29 is 15.0 Å². The number of pyridine rings is 1. The molecule has 140 valence electrons. The Morgan fingerprint density at radius 2 is 1.82 bits per heavy atom. The van der Waals surface area contributed by atoms with E-state index in [2.05, 4.69) is 23.2 Å². The predicted molar refractivity (Wildman–Crippen MR) is 115 cm³/mol. The summed E-state index contributed by atoms with van der Waals surface area (Å²) in [4.78, 5) is 15.1. The van der Waals surface area contributed by atoms with Gasteiger partial charge in [-0.2, -0.15) is 0 Å². The maximum Gasteiger partial charge on any atom is 0.337 e. The summed E-state index contributed by atoms with van der Waals surface area (Å²) in [5.41, 5.74) is 4.07. The van der Waals surface area contributed by atoms with Gasteiger partial charge in [0.15, 0.2) is 0 Å². The van der Waals surface area contributed by atoms with Gasteiger partial charge < -0.3 is 10.2 Å². The van der Waals surface area contributed by atoms with Crippen LogP contribution in [0.1, 0.15) is 28.0 Å².